The molecule has 0 atom stereocenters. The molecule has 2 aromatic carbocycles. The molecule has 6 nitrogen and oxygen atoms in total. The van der Waals surface area contributed by atoms with Gasteiger partial charge in [0.15, 0.2) is 16.7 Å². The number of rotatable bonds is 6. The molecule has 1 aliphatic rings. The van der Waals surface area contributed by atoms with E-state index >= 15 is 0 Å². The molecule has 0 radical (unpaired) electrons. The fraction of sp³-hybridized carbons (Fsp3) is 0.182. The molecule has 1 aliphatic heterocycles. The standard InChI is InChI=1S/C22H22N2O4S/c1-5-10-24-21(26)20(13-15-7-9-18(27-3)19(12-15)28-4)29-22(24)23-16-8-6-14(2)11-17(16)25/h5-9,11-13,25H,1,10H2,2-4H3/b20-13-,23-22?. The Labute approximate surface area is 174 Å². The van der Waals surface area contributed by atoms with Crippen molar-refractivity contribution in [3.8, 4) is 17.2 Å². The highest BCUT2D eigenvalue weighted by atomic mass is 32.2. The van der Waals surface area contributed by atoms with Crippen LogP contribution in [0.5, 0.6) is 17.2 Å². The maximum Gasteiger partial charge on any atom is 0.267 e. The zero-order valence-corrected chi connectivity index (χ0v) is 17.3. The van der Waals surface area contributed by atoms with Gasteiger partial charge in [-0.3, -0.25) is 9.69 Å². The predicted octanol–water partition coefficient (Wildman–Crippen LogP) is 4.51. The van der Waals surface area contributed by atoms with Gasteiger partial charge in [-0.2, -0.15) is 0 Å². The fourth-order valence-corrected chi connectivity index (χ4v) is 3.81. The molecular formula is C22H22N2O4S. The van der Waals surface area contributed by atoms with Crippen LogP contribution >= 0.6 is 11.8 Å². The molecule has 1 N–H and O–H groups in total. The topological polar surface area (TPSA) is 71.4 Å². The number of carbonyl (C=O) groups is 1. The van der Waals surface area contributed by atoms with Crippen LogP contribution in [0.2, 0.25) is 0 Å². The Hall–Kier alpha value is -3.19. The Morgan fingerprint density at radius 3 is 2.59 bits per heavy atom. The van der Waals surface area contributed by atoms with E-state index < -0.39 is 0 Å². The van der Waals surface area contributed by atoms with Crippen molar-refractivity contribution in [1.29, 1.82) is 0 Å². The van der Waals surface area contributed by atoms with E-state index in [1.165, 1.54) is 16.7 Å². The number of hydrogen-bond donors (Lipinski definition) is 1. The summed E-state index contributed by atoms with van der Waals surface area (Å²) in [5.74, 6) is 1.10. The number of ether oxygens (including phenoxy) is 2. The normalized spacial score (nSPS) is 16.5. The van der Waals surface area contributed by atoms with Crippen molar-refractivity contribution in [1.82, 2.24) is 4.90 Å². The van der Waals surface area contributed by atoms with Crippen LogP contribution in [0.3, 0.4) is 0 Å². The van der Waals surface area contributed by atoms with Gasteiger partial charge in [0.2, 0.25) is 0 Å². The van der Waals surface area contributed by atoms with Gasteiger partial charge >= 0.3 is 0 Å². The molecule has 7 heteroatoms. The lowest BCUT2D eigenvalue weighted by Gasteiger charge is -2.13. The first-order chi connectivity index (χ1) is 14.0. The fourth-order valence-electron chi connectivity index (χ4n) is 2.81. The highest BCUT2D eigenvalue weighted by molar-refractivity contribution is 8.18. The molecule has 0 saturated carbocycles. The van der Waals surface area contributed by atoms with Gasteiger partial charge in [-0.1, -0.05) is 18.2 Å². The molecular weight excluding hydrogens is 388 g/mol. The maximum atomic E-state index is 12.9. The molecule has 2 aromatic rings. The Bertz CT molecular complexity index is 1010. The largest absolute Gasteiger partial charge is 0.506 e. The Balaban J connectivity index is 1.97. The van der Waals surface area contributed by atoms with Crippen LogP contribution in [-0.4, -0.2) is 41.8 Å². The number of amidine groups is 1. The number of aliphatic imine (C=N–C) groups is 1. The van der Waals surface area contributed by atoms with Gasteiger partial charge in [0.1, 0.15) is 11.4 Å². The van der Waals surface area contributed by atoms with Crippen molar-refractivity contribution < 1.29 is 19.4 Å². The Morgan fingerprint density at radius 1 is 1.17 bits per heavy atom. The summed E-state index contributed by atoms with van der Waals surface area (Å²) in [5, 5.41) is 10.6. The summed E-state index contributed by atoms with van der Waals surface area (Å²) >= 11 is 1.25. The lowest BCUT2D eigenvalue weighted by atomic mass is 10.2. The predicted molar refractivity (Wildman–Crippen MR) is 117 cm³/mol. The number of phenols is 1. The molecule has 0 spiro atoms. The Morgan fingerprint density at radius 2 is 1.93 bits per heavy atom. The van der Waals surface area contributed by atoms with Crippen molar-refractivity contribution in [2.24, 2.45) is 4.99 Å². The summed E-state index contributed by atoms with van der Waals surface area (Å²) in [6.07, 6.45) is 3.42. The van der Waals surface area contributed by atoms with Crippen molar-refractivity contribution in [3.63, 3.8) is 0 Å². The number of amides is 1. The second-order valence-corrected chi connectivity index (χ2v) is 7.33. The number of nitrogens with zero attached hydrogens (tertiary/aromatic N) is 2. The van der Waals surface area contributed by atoms with Crippen LogP contribution in [0.1, 0.15) is 11.1 Å². The zero-order chi connectivity index (χ0) is 21.0. The third-order valence-electron chi connectivity index (χ3n) is 4.25. The molecule has 0 aromatic heterocycles. The third-order valence-corrected chi connectivity index (χ3v) is 5.26. The average molecular weight is 410 g/mol. The zero-order valence-electron chi connectivity index (χ0n) is 16.5. The molecule has 1 heterocycles. The van der Waals surface area contributed by atoms with Gasteiger partial charge in [-0.15, -0.1) is 6.58 Å². The second kappa shape index (κ2) is 8.87. The number of aryl methyl sites for hydroxylation is 1. The van der Waals surface area contributed by atoms with Crippen LogP contribution < -0.4 is 9.47 Å². The molecule has 1 amide bonds. The molecule has 29 heavy (non-hydrogen) atoms. The van der Waals surface area contributed by atoms with Crippen LogP contribution in [0, 0.1) is 6.92 Å². The third kappa shape index (κ3) is 4.46. The van der Waals surface area contributed by atoms with E-state index in [4.69, 9.17) is 9.47 Å². The summed E-state index contributed by atoms with van der Waals surface area (Å²) in [4.78, 5) is 19.5. The van der Waals surface area contributed by atoms with Crippen LogP contribution in [-0.2, 0) is 4.79 Å². The number of aromatic hydroxyl groups is 1. The molecule has 1 fully saturated rings. The summed E-state index contributed by atoms with van der Waals surface area (Å²) in [5.41, 5.74) is 2.14. The van der Waals surface area contributed by atoms with Gasteiger partial charge in [-0.05, 0) is 60.2 Å². The number of carbonyl (C=O) groups excluding carboxylic acids is 1. The minimum Gasteiger partial charge on any atom is -0.506 e. The van der Waals surface area contributed by atoms with E-state index in [-0.39, 0.29) is 11.7 Å². The molecule has 3 rings (SSSR count). The van der Waals surface area contributed by atoms with E-state index in [1.807, 2.05) is 19.1 Å². The van der Waals surface area contributed by atoms with Crippen molar-refractivity contribution in [2.45, 2.75) is 6.92 Å². The summed E-state index contributed by atoms with van der Waals surface area (Å²) < 4.78 is 10.6. The van der Waals surface area contributed by atoms with E-state index in [2.05, 4.69) is 11.6 Å². The number of benzene rings is 2. The maximum absolute atomic E-state index is 12.9. The van der Waals surface area contributed by atoms with Gasteiger partial charge in [0, 0.05) is 6.54 Å². The highest BCUT2D eigenvalue weighted by Crippen LogP contribution is 2.37. The lowest BCUT2D eigenvalue weighted by molar-refractivity contribution is -0.121. The summed E-state index contributed by atoms with van der Waals surface area (Å²) in [6, 6.07) is 10.7. The van der Waals surface area contributed by atoms with Gasteiger partial charge in [0.05, 0.1) is 19.1 Å². The Kier molecular flexibility index (Phi) is 6.29. The quantitative estimate of drug-likeness (QED) is 0.560. The summed E-state index contributed by atoms with van der Waals surface area (Å²) in [6.45, 7) is 5.93. The van der Waals surface area contributed by atoms with Crippen LogP contribution in [0.15, 0.2) is 59.0 Å². The first-order valence-electron chi connectivity index (χ1n) is 8.89. The van der Waals surface area contributed by atoms with Crippen LogP contribution in [0.25, 0.3) is 6.08 Å². The average Bonchev–Trinajstić information content (AvgIpc) is 2.99. The van der Waals surface area contributed by atoms with Crippen molar-refractivity contribution >= 4 is 34.6 Å². The molecule has 1 saturated heterocycles. The smallest absolute Gasteiger partial charge is 0.267 e. The highest BCUT2D eigenvalue weighted by Gasteiger charge is 2.32. The monoisotopic (exact) mass is 410 g/mol. The van der Waals surface area contributed by atoms with Crippen molar-refractivity contribution in [2.75, 3.05) is 20.8 Å². The van der Waals surface area contributed by atoms with E-state index in [0.717, 1.165) is 11.1 Å². The minimum absolute atomic E-state index is 0.0708. The number of hydrogen-bond acceptors (Lipinski definition) is 6. The van der Waals surface area contributed by atoms with Gasteiger partial charge in [-0.25, -0.2) is 4.99 Å². The van der Waals surface area contributed by atoms with Gasteiger partial charge in [0.25, 0.3) is 5.91 Å². The molecule has 0 aliphatic carbocycles. The molecule has 0 unspecified atom stereocenters. The number of methoxy groups -OCH3 is 2. The molecule has 0 bridgehead atoms. The number of thioether (sulfide) groups is 1. The lowest BCUT2D eigenvalue weighted by Crippen LogP contribution is -2.29. The van der Waals surface area contributed by atoms with E-state index in [0.29, 0.717) is 33.8 Å². The first kappa shape index (κ1) is 20.5. The minimum atomic E-state index is -0.171. The van der Waals surface area contributed by atoms with Crippen molar-refractivity contribution in [3.05, 3.63) is 65.1 Å². The van der Waals surface area contributed by atoms with Crippen LogP contribution in [0.4, 0.5) is 5.69 Å². The molecule has 150 valence electrons. The van der Waals surface area contributed by atoms with Gasteiger partial charge < -0.3 is 14.6 Å². The summed E-state index contributed by atoms with van der Waals surface area (Å²) in [7, 11) is 3.14. The second-order valence-electron chi connectivity index (χ2n) is 6.32. The SMILES string of the molecule is C=CCN1C(=O)/C(=C/c2ccc(OC)c(OC)c2)SC1=Nc1ccc(C)cc1O. The number of phenolic OH excluding ortho intramolecular Hbond substituents is 1. The van der Waals surface area contributed by atoms with E-state index in [9.17, 15) is 9.90 Å². The first-order valence-corrected chi connectivity index (χ1v) is 9.71. The van der Waals surface area contributed by atoms with E-state index in [1.54, 1.807) is 50.6 Å².